The smallest absolute Gasteiger partial charge is 0.262 e. The monoisotopic (exact) mass is 306 g/mol. The van der Waals surface area contributed by atoms with E-state index in [1.807, 2.05) is 0 Å². The number of nitrogens with zero attached hydrogens (tertiary/aromatic N) is 1. The Hall–Kier alpha value is -2.08. The third kappa shape index (κ3) is 3.98. The number of amides is 2. The Bertz CT molecular complexity index is 557. The maximum atomic E-state index is 12.7. The number of carbonyl (C=O) groups excluding carboxylic acids is 2. The Morgan fingerprint density at radius 3 is 2.91 bits per heavy atom. The van der Waals surface area contributed by atoms with E-state index in [1.165, 1.54) is 0 Å². The highest BCUT2D eigenvalue weighted by Crippen LogP contribution is 2.29. The lowest BCUT2D eigenvalue weighted by Gasteiger charge is -2.25. The first-order chi connectivity index (χ1) is 10.5. The molecule has 0 spiro atoms. The van der Waals surface area contributed by atoms with Crippen molar-refractivity contribution in [3.05, 3.63) is 23.8 Å². The fraction of sp³-hybridized carbons (Fsp3) is 0.500. The van der Waals surface area contributed by atoms with Crippen molar-refractivity contribution in [2.45, 2.75) is 13.8 Å². The number of nitrogens with one attached hydrogen (secondary N) is 1. The maximum Gasteiger partial charge on any atom is 0.262 e. The fourth-order valence-corrected chi connectivity index (χ4v) is 2.31. The summed E-state index contributed by atoms with van der Waals surface area (Å²) in [5.74, 6) is 0.651. The van der Waals surface area contributed by atoms with Crippen molar-refractivity contribution in [1.29, 1.82) is 0 Å². The third-order valence-corrected chi connectivity index (χ3v) is 3.30. The van der Waals surface area contributed by atoms with Gasteiger partial charge in [-0.15, -0.1) is 0 Å². The number of ether oxygens (including phenoxy) is 2. The summed E-state index contributed by atoms with van der Waals surface area (Å²) >= 11 is 0. The Kier molecular flexibility index (Phi) is 5.38. The molecule has 0 bridgehead atoms. The SMILES string of the molecule is COCCN(CC(C)C)C(=O)c1ccc2c(c1)OCC(=O)N2. The molecule has 1 aliphatic rings. The van der Waals surface area contributed by atoms with Gasteiger partial charge in [-0.05, 0) is 24.1 Å². The Morgan fingerprint density at radius 1 is 1.45 bits per heavy atom. The Labute approximate surface area is 130 Å². The minimum atomic E-state index is -0.187. The lowest BCUT2D eigenvalue weighted by molar-refractivity contribution is -0.118. The van der Waals surface area contributed by atoms with E-state index < -0.39 is 0 Å². The average molecular weight is 306 g/mol. The highest BCUT2D eigenvalue weighted by molar-refractivity contribution is 5.99. The Balaban J connectivity index is 2.17. The Morgan fingerprint density at radius 2 is 2.23 bits per heavy atom. The van der Waals surface area contributed by atoms with Gasteiger partial charge in [0.2, 0.25) is 0 Å². The number of anilines is 1. The van der Waals surface area contributed by atoms with Gasteiger partial charge in [0.25, 0.3) is 11.8 Å². The van der Waals surface area contributed by atoms with Gasteiger partial charge in [-0.2, -0.15) is 0 Å². The van der Waals surface area contributed by atoms with E-state index in [0.29, 0.717) is 42.6 Å². The van der Waals surface area contributed by atoms with Gasteiger partial charge in [0.15, 0.2) is 6.61 Å². The zero-order valence-corrected chi connectivity index (χ0v) is 13.2. The van der Waals surface area contributed by atoms with E-state index in [1.54, 1.807) is 30.2 Å². The molecule has 1 N–H and O–H groups in total. The zero-order valence-electron chi connectivity index (χ0n) is 13.2. The quantitative estimate of drug-likeness (QED) is 0.869. The van der Waals surface area contributed by atoms with Gasteiger partial charge in [0.1, 0.15) is 5.75 Å². The van der Waals surface area contributed by atoms with Crippen LogP contribution in [0.5, 0.6) is 5.75 Å². The topological polar surface area (TPSA) is 67.9 Å². The van der Waals surface area contributed by atoms with Gasteiger partial charge in [0.05, 0.1) is 12.3 Å². The number of rotatable bonds is 6. The molecular formula is C16H22N2O4. The van der Waals surface area contributed by atoms with Gasteiger partial charge >= 0.3 is 0 Å². The first kappa shape index (κ1) is 16.3. The molecule has 0 saturated carbocycles. The second kappa shape index (κ2) is 7.26. The predicted octanol–water partition coefficient (Wildman–Crippen LogP) is 1.76. The molecule has 6 heteroatoms. The summed E-state index contributed by atoms with van der Waals surface area (Å²) < 4.78 is 10.4. The van der Waals surface area contributed by atoms with E-state index in [0.717, 1.165) is 0 Å². The molecule has 22 heavy (non-hydrogen) atoms. The van der Waals surface area contributed by atoms with Gasteiger partial charge in [-0.3, -0.25) is 9.59 Å². The second-order valence-corrected chi connectivity index (χ2v) is 5.69. The number of hydrogen-bond donors (Lipinski definition) is 1. The molecule has 1 heterocycles. The minimum Gasteiger partial charge on any atom is -0.482 e. The summed E-state index contributed by atoms with van der Waals surface area (Å²) in [5, 5.41) is 2.71. The largest absolute Gasteiger partial charge is 0.482 e. The molecule has 0 saturated heterocycles. The average Bonchev–Trinajstić information content (AvgIpc) is 2.49. The van der Waals surface area contributed by atoms with E-state index in [4.69, 9.17) is 9.47 Å². The van der Waals surface area contributed by atoms with E-state index >= 15 is 0 Å². The van der Waals surface area contributed by atoms with Crippen LogP contribution in [0.25, 0.3) is 0 Å². The molecule has 0 fully saturated rings. The van der Waals surface area contributed by atoms with E-state index in [2.05, 4.69) is 19.2 Å². The predicted molar refractivity (Wildman–Crippen MR) is 83.2 cm³/mol. The molecular weight excluding hydrogens is 284 g/mol. The van der Waals surface area contributed by atoms with Crippen LogP contribution in [0, 0.1) is 5.92 Å². The zero-order chi connectivity index (χ0) is 16.1. The molecule has 6 nitrogen and oxygen atoms in total. The van der Waals surface area contributed by atoms with Crippen LogP contribution in [0.4, 0.5) is 5.69 Å². The van der Waals surface area contributed by atoms with Gasteiger partial charge < -0.3 is 19.7 Å². The van der Waals surface area contributed by atoms with Crippen LogP contribution in [-0.2, 0) is 9.53 Å². The van der Waals surface area contributed by atoms with Gasteiger partial charge in [0, 0.05) is 25.8 Å². The molecule has 0 unspecified atom stereocenters. The van der Waals surface area contributed by atoms with E-state index in [-0.39, 0.29) is 18.4 Å². The summed E-state index contributed by atoms with van der Waals surface area (Å²) in [6.45, 7) is 5.82. The number of methoxy groups -OCH3 is 1. The molecule has 1 aromatic carbocycles. The van der Waals surface area contributed by atoms with Crippen LogP contribution < -0.4 is 10.1 Å². The van der Waals surface area contributed by atoms with Gasteiger partial charge in [-0.1, -0.05) is 13.8 Å². The number of benzene rings is 1. The first-order valence-corrected chi connectivity index (χ1v) is 7.36. The standard InChI is InChI=1S/C16H22N2O4/c1-11(2)9-18(6-7-21-3)16(20)12-4-5-13-14(8-12)22-10-15(19)17-13/h4-5,8,11H,6-7,9-10H2,1-3H3,(H,17,19). The molecule has 0 aliphatic carbocycles. The molecule has 1 aromatic rings. The molecule has 1 aliphatic heterocycles. The summed E-state index contributed by atoms with van der Waals surface area (Å²) in [5.41, 5.74) is 1.15. The first-order valence-electron chi connectivity index (χ1n) is 7.36. The van der Waals surface area contributed by atoms with Crippen LogP contribution in [0.15, 0.2) is 18.2 Å². The van der Waals surface area contributed by atoms with Crippen molar-refractivity contribution in [2.75, 3.05) is 38.7 Å². The highest BCUT2D eigenvalue weighted by atomic mass is 16.5. The maximum absolute atomic E-state index is 12.7. The van der Waals surface area contributed by atoms with Crippen molar-refractivity contribution < 1.29 is 19.1 Å². The fourth-order valence-electron chi connectivity index (χ4n) is 2.31. The number of hydrogen-bond acceptors (Lipinski definition) is 4. The molecule has 2 amide bonds. The number of carbonyl (C=O) groups is 2. The minimum absolute atomic E-state index is 0.0238. The molecule has 120 valence electrons. The lowest BCUT2D eigenvalue weighted by atomic mass is 10.1. The second-order valence-electron chi connectivity index (χ2n) is 5.69. The summed E-state index contributed by atoms with van der Waals surface area (Å²) in [6.07, 6.45) is 0. The van der Waals surface area contributed by atoms with Crippen LogP contribution in [0.1, 0.15) is 24.2 Å². The van der Waals surface area contributed by atoms with Crippen LogP contribution >= 0.6 is 0 Å². The molecule has 0 aromatic heterocycles. The van der Waals surface area contributed by atoms with Crippen LogP contribution in [0.3, 0.4) is 0 Å². The lowest BCUT2D eigenvalue weighted by Crippen LogP contribution is -2.36. The molecule has 0 atom stereocenters. The molecule has 2 rings (SSSR count). The van der Waals surface area contributed by atoms with Crippen molar-refractivity contribution in [3.63, 3.8) is 0 Å². The third-order valence-electron chi connectivity index (χ3n) is 3.30. The normalized spacial score (nSPS) is 13.4. The number of fused-ring (bicyclic) bond motifs is 1. The molecule has 0 radical (unpaired) electrons. The van der Waals surface area contributed by atoms with Crippen LogP contribution in [0.2, 0.25) is 0 Å². The van der Waals surface area contributed by atoms with Gasteiger partial charge in [-0.25, -0.2) is 0 Å². The summed E-state index contributed by atoms with van der Waals surface area (Å²) in [4.78, 5) is 25.7. The summed E-state index contributed by atoms with van der Waals surface area (Å²) in [6, 6.07) is 5.08. The highest BCUT2D eigenvalue weighted by Gasteiger charge is 2.21. The van der Waals surface area contributed by atoms with E-state index in [9.17, 15) is 9.59 Å². The van der Waals surface area contributed by atoms with Crippen molar-refractivity contribution in [3.8, 4) is 5.75 Å². The van der Waals surface area contributed by atoms with Crippen molar-refractivity contribution in [1.82, 2.24) is 4.90 Å². The summed E-state index contributed by atoms with van der Waals surface area (Å²) in [7, 11) is 1.62. The van der Waals surface area contributed by atoms with Crippen molar-refractivity contribution in [2.24, 2.45) is 5.92 Å². The van der Waals surface area contributed by atoms with Crippen molar-refractivity contribution >= 4 is 17.5 Å². The van der Waals surface area contributed by atoms with Crippen LogP contribution in [-0.4, -0.2) is 50.1 Å².